The second-order valence-corrected chi connectivity index (χ2v) is 6.49. The van der Waals surface area contributed by atoms with E-state index in [1.807, 2.05) is 0 Å². The van der Waals surface area contributed by atoms with Crippen molar-refractivity contribution in [1.82, 2.24) is 0 Å². The third-order valence-electron chi connectivity index (χ3n) is 3.36. The van der Waals surface area contributed by atoms with Gasteiger partial charge < -0.3 is 25.7 Å². The zero-order chi connectivity index (χ0) is 20.5. The molecule has 0 aliphatic carbocycles. The maximum atomic E-state index is 12.3. The van der Waals surface area contributed by atoms with Crippen LogP contribution < -0.4 is 5.32 Å². The van der Waals surface area contributed by atoms with Crippen LogP contribution in [0.3, 0.4) is 0 Å². The Balaban J connectivity index is 2.51. The summed E-state index contributed by atoms with van der Waals surface area (Å²) in [5, 5.41) is 39.7. The zero-order valence-electron chi connectivity index (χ0n) is 13.1. The van der Waals surface area contributed by atoms with Crippen molar-refractivity contribution >= 4 is 33.7 Å². The summed E-state index contributed by atoms with van der Waals surface area (Å²) >= 11 is 0. The molecule has 12 heteroatoms. The molecular weight excluding hydrogens is 386 g/mol. The lowest BCUT2D eigenvalue weighted by Gasteiger charge is -2.12. The van der Waals surface area contributed by atoms with Crippen LogP contribution in [0.4, 0.5) is 5.69 Å². The van der Waals surface area contributed by atoms with Crippen LogP contribution in [-0.2, 0) is 10.1 Å². The molecular formula is C15H11NO10S. The standard InChI is InChI=1S/C15H11NO10S/c17-9-5-11(27(24,25)26)10(18)4-7(9)13(19)16-8-3-1-2-6(14(20)21)12(8)15(22)23/h1-5,17-18H,(H,16,19)(H,20,21)(H,22,23)(H,24,25,26). The lowest BCUT2D eigenvalue weighted by atomic mass is 10.0. The monoisotopic (exact) mass is 397 g/mol. The van der Waals surface area contributed by atoms with Gasteiger partial charge in [-0.05, 0) is 18.2 Å². The highest BCUT2D eigenvalue weighted by atomic mass is 32.2. The Bertz CT molecular complexity index is 1070. The quantitative estimate of drug-likeness (QED) is 0.312. The van der Waals surface area contributed by atoms with Crippen molar-refractivity contribution in [2.75, 3.05) is 5.32 Å². The van der Waals surface area contributed by atoms with Gasteiger partial charge in [0.05, 0.1) is 22.4 Å². The van der Waals surface area contributed by atoms with Crippen LogP contribution in [0.5, 0.6) is 11.5 Å². The fourth-order valence-electron chi connectivity index (χ4n) is 2.20. The third kappa shape index (κ3) is 3.96. The van der Waals surface area contributed by atoms with Crippen LogP contribution in [0.1, 0.15) is 31.1 Å². The van der Waals surface area contributed by atoms with Crippen molar-refractivity contribution in [2.24, 2.45) is 0 Å². The average molecular weight is 397 g/mol. The molecule has 0 fully saturated rings. The van der Waals surface area contributed by atoms with Gasteiger partial charge in [-0.3, -0.25) is 9.35 Å². The molecule has 6 N–H and O–H groups in total. The number of phenolic OH excluding ortho intramolecular Hbond substituents is 2. The summed E-state index contributed by atoms with van der Waals surface area (Å²) in [4.78, 5) is 33.7. The van der Waals surface area contributed by atoms with Crippen molar-refractivity contribution in [3.8, 4) is 11.5 Å². The number of aromatic hydroxyl groups is 2. The van der Waals surface area contributed by atoms with E-state index in [1.54, 1.807) is 0 Å². The van der Waals surface area contributed by atoms with Crippen molar-refractivity contribution in [2.45, 2.75) is 4.90 Å². The molecule has 0 radical (unpaired) electrons. The highest BCUT2D eigenvalue weighted by Crippen LogP contribution is 2.31. The number of carboxylic acid groups (broad SMARTS) is 2. The highest BCUT2D eigenvalue weighted by Gasteiger charge is 2.24. The maximum Gasteiger partial charge on any atom is 0.338 e. The van der Waals surface area contributed by atoms with E-state index in [0.717, 1.165) is 12.1 Å². The van der Waals surface area contributed by atoms with E-state index in [-0.39, 0.29) is 0 Å². The summed E-state index contributed by atoms with van der Waals surface area (Å²) in [6.45, 7) is 0. The third-order valence-corrected chi connectivity index (χ3v) is 4.24. The number of carboxylic acids is 2. The first-order valence-electron chi connectivity index (χ1n) is 6.88. The van der Waals surface area contributed by atoms with E-state index in [4.69, 9.17) is 9.66 Å². The fraction of sp³-hybridized carbons (Fsp3) is 0. The molecule has 0 heterocycles. The van der Waals surface area contributed by atoms with Gasteiger partial charge in [0.25, 0.3) is 16.0 Å². The predicted octanol–water partition coefficient (Wildman–Crippen LogP) is 0.993. The molecule has 0 aliphatic heterocycles. The van der Waals surface area contributed by atoms with E-state index >= 15 is 0 Å². The van der Waals surface area contributed by atoms with Gasteiger partial charge in [0.2, 0.25) is 0 Å². The Hall–Kier alpha value is -3.64. The molecule has 0 aromatic heterocycles. The number of rotatable bonds is 5. The van der Waals surface area contributed by atoms with E-state index in [1.165, 1.54) is 6.07 Å². The SMILES string of the molecule is O=C(Nc1cccc(C(=O)O)c1C(=O)O)c1cc(O)c(S(=O)(=O)O)cc1O. The molecule has 0 spiro atoms. The Kier molecular flexibility index (Phi) is 5.05. The molecule has 2 aromatic carbocycles. The molecule has 1 amide bonds. The smallest absolute Gasteiger partial charge is 0.338 e. The number of carbonyl (C=O) groups excluding carboxylic acids is 1. The van der Waals surface area contributed by atoms with Crippen LogP contribution in [-0.4, -0.2) is 51.2 Å². The molecule has 11 nitrogen and oxygen atoms in total. The van der Waals surface area contributed by atoms with E-state index in [0.29, 0.717) is 12.1 Å². The summed E-state index contributed by atoms with van der Waals surface area (Å²) in [6, 6.07) is 4.23. The molecule has 2 rings (SSSR count). The van der Waals surface area contributed by atoms with E-state index in [9.17, 15) is 38.1 Å². The number of amides is 1. The maximum absolute atomic E-state index is 12.3. The lowest BCUT2D eigenvalue weighted by Crippen LogP contribution is -2.17. The van der Waals surface area contributed by atoms with Gasteiger partial charge in [-0.25, -0.2) is 9.59 Å². The molecule has 0 saturated carbocycles. The van der Waals surface area contributed by atoms with E-state index < -0.39 is 66.7 Å². The molecule has 27 heavy (non-hydrogen) atoms. The predicted molar refractivity (Wildman–Crippen MR) is 87.9 cm³/mol. The Morgan fingerprint density at radius 2 is 1.52 bits per heavy atom. The summed E-state index contributed by atoms with van der Waals surface area (Å²) in [5.41, 5.74) is -2.40. The lowest BCUT2D eigenvalue weighted by molar-refractivity contribution is 0.0652. The number of aromatic carboxylic acids is 2. The molecule has 0 saturated heterocycles. The number of anilines is 1. The van der Waals surface area contributed by atoms with Gasteiger partial charge >= 0.3 is 11.9 Å². The number of carbonyl (C=O) groups is 3. The van der Waals surface area contributed by atoms with Gasteiger partial charge in [-0.15, -0.1) is 0 Å². The van der Waals surface area contributed by atoms with Crippen LogP contribution in [0.2, 0.25) is 0 Å². The average Bonchev–Trinajstić information content (AvgIpc) is 2.54. The Morgan fingerprint density at radius 1 is 0.889 bits per heavy atom. The molecule has 2 aromatic rings. The second-order valence-electron chi connectivity index (χ2n) is 5.10. The first-order chi connectivity index (χ1) is 12.4. The Morgan fingerprint density at radius 3 is 2.04 bits per heavy atom. The second kappa shape index (κ2) is 6.93. The summed E-state index contributed by atoms with van der Waals surface area (Å²) in [6.07, 6.45) is 0. The van der Waals surface area contributed by atoms with Crippen molar-refractivity contribution in [3.05, 3.63) is 47.0 Å². The van der Waals surface area contributed by atoms with Crippen LogP contribution >= 0.6 is 0 Å². The van der Waals surface area contributed by atoms with Crippen molar-refractivity contribution in [3.63, 3.8) is 0 Å². The number of benzene rings is 2. The van der Waals surface area contributed by atoms with Gasteiger partial charge in [0.15, 0.2) is 0 Å². The molecule has 0 bridgehead atoms. The van der Waals surface area contributed by atoms with Crippen LogP contribution in [0.15, 0.2) is 35.2 Å². The number of hydrogen-bond donors (Lipinski definition) is 6. The van der Waals surface area contributed by atoms with Crippen LogP contribution in [0.25, 0.3) is 0 Å². The van der Waals surface area contributed by atoms with Crippen molar-refractivity contribution < 1.29 is 47.8 Å². The van der Waals surface area contributed by atoms with Gasteiger partial charge in [0.1, 0.15) is 16.4 Å². The van der Waals surface area contributed by atoms with E-state index in [2.05, 4.69) is 5.32 Å². The fourth-order valence-corrected chi connectivity index (χ4v) is 2.78. The molecule has 0 unspecified atom stereocenters. The first kappa shape index (κ1) is 19.7. The zero-order valence-corrected chi connectivity index (χ0v) is 13.9. The summed E-state index contributed by atoms with van der Waals surface area (Å²) < 4.78 is 31.0. The molecule has 0 atom stereocenters. The topological polar surface area (TPSA) is 199 Å². The molecule has 142 valence electrons. The van der Waals surface area contributed by atoms with Gasteiger partial charge in [0, 0.05) is 6.07 Å². The summed E-state index contributed by atoms with van der Waals surface area (Å²) in [5.74, 6) is -6.35. The number of nitrogens with one attached hydrogen (secondary N) is 1. The van der Waals surface area contributed by atoms with Crippen LogP contribution in [0, 0.1) is 0 Å². The number of hydrogen-bond acceptors (Lipinski definition) is 7. The minimum Gasteiger partial charge on any atom is -0.507 e. The Labute approximate surface area is 150 Å². The van der Waals surface area contributed by atoms with Gasteiger partial charge in [-0.2, -0.15) is 8.42 Å². The van der Waals surface area contributed by atoms with Crippen molar-refractivity contribution in [1.29, 1.82) is 0 Å². The summed E-state index contributed by atoms with van der Waals surface area (Å²) in [7, 11) is -4.88. The normalized spacial score (nSPS) is 11.0. The van der Waals surface area contributed by atoms with Gasteiger partial charge in [-0.1, -0.05) is 6.07 Å². The highest BCUT2D eigenvalue weighted by molar-refractivity contribution is 7.86. The number of phenols is 2. The first-order valence-corrected chi connectivity index (χ1v) is 8.32. The molecule has 0 aliphatic rings. The largest absolute Gasteiger partial charge is 0.507 e. The minimum absolute atomic E-state index is 0.412. The minimum atomic E-state index is -4.88.